The van der Waals surface area contributed by atoms with Gasteiger partial charge in [0.2, 0.25) is 0 Å². The molecule has 0 aliphatic rings. The summed E-state index contributed by atoms with van der Waals surface area (Å²) < 4.78 is 11.4. The Labute approximate surface area is 137 Å². The van der Waals surface area contributed by atoms with Crippen LogP contribution in [-0.4, -0.2) is 13.2 Å². The summed E-state index contributed by atoms with van der Waals surface area (Å²) in [5.41, 5.74) is 8.17. The summed E-state index contributed by atoms with van der Waals surface area (Å²) in [5, 5.41) is 0.627. The quantitative estimate of drug-likeness (QED) is 0.831. The molecule has 0 saturated carbocycles. The van der Waals surface area contributed by atoms with Gasteiger partial charge in [0.1, 0.15) is 6.61 Å². The Morgan fingerprint density at radius 3 is 2.55 bits per heavy atom. The predicted molar refractivity (Wildman–Crippen MR) is 90.7 cm³/mol. The van der Waals surface area contributed by atoms with Crippen molar-refractivity contribution in [2.24, 2.45) is 5.73 Å². The zero-order valence-corrected chi connectivity index (χ0v) is 13.8. The summed E-state index contributed by atoms with van der Waals surface area (Å²) >= 11 is 6.17. The van der Waals surface area contributed by atoms with Crippen molar-refractivity contribution in [2.75, 3.05) is 7.11 Å². The van der Waals surface area contributed by atoms with E-state index in [0.29, 0.717) is 23.8 Å². The fourth-order valence-electron chi connectivity index (χ4n) is 2.25. The Morgan fingerprint density at radius 2 is 1.91 bits per heavy atom. The van der Waals surface area contributed by atoms with E-state index in [9.17, 15) is 0 Å². The molecule has 0 fully saturated rings. The van der Waals surface area contributed by atoms with Crippen LogP contribution in [0, 0.1) is 0 Å². The molecule has 2 aromatic rings. The minimum absolute atomic E-state index is 0.0715. The van der Waals surface area contributed by atoms with Gasteiger partial charge < -0.3 is 15.2 Å². The molecule has 2 aromatic carbocycles. The summed E-state index contributed by atoms with van der Waals surface area (Å²) in [5.74, 6) is 1.36. The molecule has 0 aliphatic heterocycles. The van der Waals surface area contributed by atoms with Crippen molar-refractivity contribution in [1.82, 2.24) is 0 Å². The van der Waals surface area contributed by atoms with Crippen molar-refractivity contribution < 1.29 is 9.47 Å². The Kier molecular flexibility index (Phi) is 6.10. The highest BCUT2D eigenvalue weighted by Crippen LogP contribution is 2.36. The van der Waals surface area contributed by atoms with Gasteiger partial charge in [0.25, 0.3) is 0 Å². The molecule has 0 bridgehead atoms. The van der Waals surface area contributed by atoms with Crippen LogP contribution in [0.5, 0.6) is 11.5 Å². The SMILES string of the molecule is CCC(N)Cc1cc(Cl)cc(OC)c1OCc1ccccc1. The molecule has 0 amide bonds. The molecule has 0 aliphatic carbocycles. The highest BCUT2D eigenvalue weighted by molar-refractivity contribution is 6.30. The smallest absolute Gasteiger partial charge is 0.165 e. The maximum atomic E-state index is 6.17. The van der Waals surface area contributed by atoms with Crippen LogP contribution in [0.15, 0.2) is 42.5 Å². The second kappa shape index (κ2) is 8.06. The lowest BCUT2D eigenvalue weighted by Crippen LogP contribution is -2.21. The van der Waals surface area contributed by atoms with Crippen LogP contribution >= 0.6 is 11.6 Å². The van der Waals surface area contributed by atoms with E-state index in [4.69, 9.17) is 26.8 Å². The minimum atomic E-state index is 0.0715. The number of benzene rings is 2. The molecule has 2 N–H and O–H groups in total. The number of hydrogen-bond donors (Lipinski definition) is 1. The van der Waals surface area contributed by atoms with Crippen LogP contribution in [0.1, 0.15) is 24.5 Å². The van der Waals surface area contributed by atoms with Crippen molar-refractivity contribution in [2.45, 2.75) is 32.4 Å². The van der Waals surface area contributed by atoms with Crippen molar-refractivity contribution >= 4 is 11.6 Å². The normalized spacial score (nSPS) is 12.0. The Balaban J connectivity index is 2.26. The van der Waals surface area contributed by atoms with E-state index in [-0.39, 0.29) is 6.04 Å². The average molecular weight is 320 g/mol. The lowest BCUT2D eigenvalue weighted by Gasteiger charge is -2.18. The van der Waals surface area contributed by atoms with E-state index < -0.39 is 0 Å². The number of halogens is 1. The summed E-state index contributed by atoms with van der Waals surface area (Å²) in [6.07, 6.45) is 1.60. The molecule has 22 heavy (non-hydrogen) atoms. The maximum absolute atomic E-state index is 6.17. The largest absolute Gasteiger partial charge is 0.493 e. The number of methoxy groups -OCH3 is 1. The molecule has 4 heteroatoms. The zero-order valence-electron chi connectivity index (χ0n) is 13.0. The average Bonchev–Trinajstić information content (AvgIpc) is 2.54. The molecular weight excluding hydrogens is 298 g/mol. The molecular formula is C18H22ClNO2. The van der Waals surface area contributed by atoms with E-state index in [1.54, 1.807) is 13.2 Å². The van der Waals surface area contributed by atoms with Crippen molar-refractivity contribution in [3.63, 3.8) is 0 Å². The maximum Gasteiger partial charge on any atom is 0.165 e. The van der Waals surface area contributed by atoms with Crippen LogP contribution in [0.3, 0.4) is 0 Å². The Morgan fingerprint density at radius 1 is 1.18 bits per heavy atom. The molecule has 118 valence electrons. The van der Waals surface area contributed by atoms with Crippen molar-refractivity contribution in [3.05, 3.63) is 58.6 Å². The van der Waals surface area contributed by atoms with E-state index in [1.165, 1.54) is 0 Å². The lowest BCUT2D eigenvalue weighted by atomic mass is 10.0. The fourth-order valence-corrected chi connectivity index (χ4v) is 2.48. The standard InChI is InChI=1S/C18H22ClNO2/c1-3-16(20)10-14-9-15(19)11-17(21-2)18(14)22-12-13-7-5-4-6-8-13/h4-9,11,16H,3,10,12,20H2,1-2H3. The topological polar surface area (TPSA) is 44.5 Å². The molecule has 3 nitrogen and oxygen atoms in total. The first kappa shape index (κ1) is 16.7. The predicted octanol–water partition coefficient (Wildman–Crippen LogP) is 4.21. The number of nitrogens with two attached hydrogens (primary N) is 1. The van der Waals surface area contributed by atoms with Gasteiger partial charge >= 0.3 is 0 Å². The van der Waals surface area contributed by atoms with Gasteiger partial charge in [-0.05, 0) is 24.5 Å². The van der Waals surface area contributed by atoms with Crippen molar-refractivity contribution in [1.29, 1.82) is 0 Å². The summed E-state index contributed by atoms with van der Waals surface area (Å²) in [7, 11) is 1.62. The number of ether oxygens (including phenoxy) is 2. The van der Waals surface area contributed by atoms with Gasteiger partial charge in [0, 0.05) is 22.7 Å². The van der Waals surface area contributed by atoms with Gasteiger partial charge in [-0.3, -0.25) is 0 Å². The van der Waals surface area contributed by atoms with E-state index in [2.05, 4.69) is 6.92 Å². The van der Waals surface area contributed by atoms with Gasteiger partial charge in [-0.2, -0.15) is 0 Å². The van der Waals surface area contributed by atoms with Gasteiger partial charge in [-0.15, -0.1) is 0 Å². The first-order chi connectivity index (χ1) is 10.6. The fraction of sp³-hybridized carbons (Fsp3) is 0.333. The minimum Gasteiger partial charge on any atom is -0.493 e. The van der Waals surface area contributed by atoms with Gasteiger partial charge in [-0.25, -0.2) is 0 Å². The monoisotopic (exact) mass is 319 g/mol. The van der Waals surface area contributed by atoms with Crippen LogP contribution in [-0.2, 0) is 13.0 Å². The van der Waals surface area contributed by atoms with Gasteiger partial charge in [0.05, 0.1) is 7.11 Å². The summed E-state index contributed by atoms with van der Waals surface area (Å²) in [4.78, 5) is 0. The van der Waals surface area contributed by atoms with E-state index in [0.717, 1.165) is 23.3 Å². The Bertz CT molecular complexity index is 602. The zero-order chi connectivity index (χ0) is 15.9. The molecule has 0 radical (unpaired) electrons. The third-order valence-corrected chi connectivity index (χ3v) is 3.77. The second-order valence-corrected chi connectivity index (χ2v) is 5.68. The van der Waals surface area contributed by atoms with Crippen LogP contribution in [0.25, 0.3) is 0 Å². The highest BCUT2D eigenvalue weighted by atomic mass is 35.5. The molecule has 0 spiro atoms. The molecule has 1 atom stereocenters. The third-order valence-electron chi connectivity index (χ3n) is 3.55. The van der Waals surface area contributed by atoms with E-state index >= 15 is 0 Å². The lowest BCUT2D eigenvalue weighted by molar-refractivity contribution is 0.280. The van der Waals surface area contributed by atoms with Crippen LogP contribution in [0.2, 0.25) is 5.02 Å². The molecule has 0 aromatic heterocycles. The molecule has 0 heterocycles. The second-order valence-electron chi connectivity index (χ2n) is 5.24. The third kappa shape index (κ3) is 4.39. The van der Waals surface area contributed by atoms with Crippen molar-refractivity contribution in [3.8, 4) is 11.5 Å². The van der Waals surface area contributed by atoms with Crippen LogP contribution < -0.4 is 15.2 Å². The molecule has 0 saturated heterocycles. The molecule has 1 unspecified atom stereocenters. The first-order valence-electron chi connectivity index (χ1n) is 7.42. The summed E-state index contributed by atoms with van der Waals surface area (Å²) in [6, 6.07) is 13.8. The number of hydrogen-bond acceptors (Lipinski definition) is 3. The Hall–Kier alpha value is -1.71. The van der Waals surface area contributed by atoms with Gasteiger partial charge in [0.15, 0.2) is 11.5 Å². The highest BCUT2D eigenvalue weighted by Gasteiger charge is 2.15. The number of rotatable bonds is 7. The van der Waals surface area contributed by atoms with Crippen LogP contribution in [0.4, 0.5) is 0 Å². The molecule has 2 rings (SSSR count). The van der Waals surface area contributed by atoms with Gasteiger partial charge in [-0.1, -0.05) is 48.9 Å². The van der Waals surface area contributed by atoms with E-state index in [1.807, 2.05) is 36.4 Å². The first-order valence-corrected chi connectivity index (χ1v) is 7.80. The summed E-state index contributed by atoms with van der Waals surface area (Å²) in [6.45, 7) is 2.55.